The fourth-order valence-electron chi connectivity index (χ4n) is 1.50. The van der Waals surface area contributed by atoms with E-state index in [4.69, 9.17) is 14.9 Å². The van der Waals surface area contributed by atoms with Crippen LogP contribution in [-0.4, -0.2) is 30.0 Å². The highest BCUT2D eigenvalue weighted by atomic mass is 16.5. The molecule has 1 aromatic carbocycles. The predicted molar refractivity (Wildman–Crippen MR) is 68.2 cm³/mol. The van der Waals surface area contributed by atoms with Gasteiger partial charge in [0.2, 0.25) is 0 Å². The van der Waals surface area contributed by atoms with E-state index in [1.54, 1.807) is 0 Å². The molecular formula is C14H22O3. The molecule has 0 heterocycles. The number of aryl methyl sites for hydroxylation is 1. The van der Waals surface area contributed by atoms with Gasteiger partial charge in [-0.2, -0.15) is 0 Å². The molecular weight excluding hydrogens is 216 g/mol. The second-order valence-electron chi connectivity index (χ2n) is 4.40. The number of rotatable bonds is 8. The largest absolute Gasteiger partial charge is 0.494 e. The van der Waals surface area contributed by atoms with Crippen LogP contribution in [0.3, 0.4) is 0 Å². The number of ether oxygens (including phenoxy) is 1. The Morgan fingerprint density at radius 1 is 1.18 bits per heavy atom. The quantitative estimate of drug-likeness (QED) is 0.728. The second-order valence-corrected chi connectivity index (χ2v) is 4.40. The van der Waals surface area contributed by atoms with Crippen molar-refractivity contribution in [3.8, 4) is 5.75 Å². The van der Waals surface area contributed by atoms with Gasteiger partial charge in [0, 0.05) is 13.2 Å². The van der Waals surface area contributed by atoms with Crippen molar-refractivity contribution >= 4 is 0 Å². The first-order valence-electron chi connectivity index (χ1n) is 6.19. The molecule has 0 fully saturated rings. The van der Waals surface area contributed by atoms with E-state index in [2.05, 4.69) is 0 Å². The van der Waals surface area contributed by atoms with Gasteiger partial charge in [0.15, 0.2) is 0 Å². The summed E-state index contributed by atoms with van der Waals surface area (Å²) in [5.41, 5.74) is 1.22. The Morgan fingerprint density at radius 3 is 2.47 bits per heavy atom. The lowest BCUT2D eigenvalue weighted by molar-refractivity contribution is 0.202. The molecule has 0 saturated heterocycles. The highest BCUT2D eigenvalue weighted by Crippen LogP contribution is 2.14. The summed E-state index contributed by atoms with van der Waals surface area (Å²) in [7, 11) is 0. The van der Waals surface area contributed by atoms with E-state index in [1.807, 2.05) is 31.2 Å². The Bertz CT molecular complexity index is 295. The third-order valence-electron chi connectivity index (χ3n) is 2.74. The monoisotopic (exact) mass is 238 g/mol. The van der Waals surface area contributed by atoms with Crippen molar-refractivity contribution in [1.29, 1.82) is 0 Å². The van der Waals surface area contributed by atoms with E-state index in [0.717, 1.165) is 25.0 Å². The van der Waals surface area contributed by atoms with Gasteiger partial charge in [-0.15, -0.1) is 0 Å². The third kappa shape index (κ3) is 5.71. The fourth-order valence-corrected chi connectivity index (χ4v) is 1.50. The molecule has 0 aliphatic rings. The summed E-state index contributed by atoms with van der Waals surface area (Å²) in [5, 5.41) is 17.6. The van der Waals surface area contributed by atoms with Crippen molar-refractivity contribution in [2.24, 2.45) is 5.92 Å². The van der Waals surface area contributed by atoms with E-state index in [9.17, 15) is 0 Å². The van der Waals surface area contributed by atoms with Gasteiger partial charge >= 0.3 is 0 Å². The van der Waals surface area contributed by atoms with Crippen LogP contribution < -0.4 is 4.74 Å². The minimum atomic E-state index is 0.212. The zero-order valence-corrected chi connectivity index (χ0v) is 10.4. The molecule has 1 atom stereocenters. The smallest absolute Gasteiger partial charge is 0.119 e. The van der Waals surface area contributed by atoms with Gasteiger partial charge in [0.1, 0.15) is 5.75 Å². The second kappa shape index (κ2) is 8.09. The Balaban J connectivity index is 2.30. The molecule has 0 bridgehead atoms. The molecule has 17 heavy (non-hydrogen) atoms. The normalized spacial score (nSPS) is 12.4. The summed E-state index contributed by atoms with van der Waals surface area (Å²) < 4.78 is 5.58. The summed E-state index contributed by atoms with van der Waals surface area (Å²) in [6.45, 7) is 3.08. The van der Waals surface area contributed by atoms with Gasteiger partial charge in [-0.05, 0) is 42.9 Å². The van der Waals surface area contributed by atoms with Crippen LogP contribution in [0.1, 0.15) is 25.3 Å². The molecule has 0 aromatic heterocycles. The van der Waals surface area contributed by atoms with Crippen molar-refractivity contribution in [3.63, 3.8) is 0 Å². The van der Waals surface area contributed by atoms with Gasteiger partial charge in [0.25, 0.3) is 0 Å². The van der Waals surface area contributed by atoms with Crippen LogP contribution in [0.4, 0.5) is 0 Å². The molecule has 1 unspecified atom stereocenters. The first kappa shape index (κ1) is 14.0. The minimum absolute atomic E-state index is 0.212. The standard InChI is InChI=1S/C14H22O3/c1-12(11-16)8-10-17-14-6-4-13(5-7-14)3-2-9-15/h4-7,12,15-16H,2-3,8-11H2,1H3. The van der Waals surface area contributed by atoms with Crippen molar-refractivity contribution in [2.75, 3.05) is 19.8 Å². The topological polar surface area (TPSA) is 49.7 Å². The maximum atomic E-state index is 8.87. The molecule has 0 aliphatic carbocycles. The van der Waals surface area contributed by atoms with Gasteiger partial charge < -0.3 is 14.9 Å². The van der Waals surface area contributed by atoms with Crippen LogP contribution in [0.2, 0.25) is 0 Å². The summed E-state index contributed by atoms with van der Waals surface area (Å²) in [6, 6.07) is 7.97. The molecule has 3 nitrogen and oxygen atoms in total. The predicted octanol–water partition coefficient (Wildman–Crippen LogP) is 2.01. The molecule has 3 heteroatoms. The van der Waals surface area contributed by atoms with Crippen molar-refractivity contribution < 1.29 is 14.9 Å². The lowest BCUT2D eigenvalue weighted by Crippen LogP contribution is -2.07. The Morgan fingerprint density at radius 2 is 1.88 bits per heavy atom. The maximum absolute atomic E-state index is 8.87. The highest BCUT2D eigenvalue weighted by molar-refractivity contribution is 5.27. The number of benzene rings is 1. The van der Waals surface area contributed by atoms with Gasteiger partial charge in [0.05, 0.1) is 6.61 Å². The zero-order chi connectivity index (χ0) is 12.5. The summed E-state index contributed by atoms with van der Waals surface area (Å²) >= 11 is 0. The average Bonchev–Trinajstić information content (AvgIpc) is 2.37. The van der Waals surface area contributed by atoms with Crippen LogP contribution in [0, 0.1) is 5.92 Å². The molecule has 96 valence electrons. The summed E-state index contributed by atoms with van der Waals surface area (Å²) in [5.74, 6) is 1.15. The number of aliphatic hydroxyl groups excluding tert-OH is 2. The highest BCUT2D eigenvalue weighted by Gasteiger charge is 2.00. The first-order chi connectivity index (χ1) is 8.26. The Hall–Kier alpha value is -1.06. The molecule has 0 aliphatic heterocycles. The van der Waals surface area contributed by atoms with Gasteiger partial charge in [-0.25, -0.2) is 0 Å². The van der Waals surface area contributed by atoms with E-state index < -0.39 is 0 Å². The minimum Gasteiger partial charge on any atom is -0.494 e. The summed E-state index contributed by atoms with van der Waals surface area (Å²) in [6.07, 6.45) is 2.56. The molecule has 1 aromatic rings. The maximum Gasteiger partial charge on any atom is 0.119 e. The van der Waals surface area contributed by atoms with Crippen LogP contribution in [-0.2, 0) is 6.42 Å². The number of aliphatic hydroxyl groups is 2. The van der Waals surface area contributed by atoms with Crippen LogP contribution >= 0.6 is 0 Å². The first-order valence-corrected chi connectivity index (χ1v) is 6.19. The zero-order valence-electron chi connectivity index (χ0n) is 10.4. The summed E-state index contributed by atoms with van der Waals surface area (Å²) in [4.78, 5) is 0. The SMILES string of the molecule is CC(CO)CCOc1ccc(CCCO)cc1. The molecule has 0 spiro atoms. The number of hydrogen-bond donors (Lipinski definition) is 2. The van der Waals surface area contributed by atoms with Crippen LogP contribution in [0.15, 0.2) is 24.3 Å². The van der Waals surface area contributed by atoms with Crippen molar-refractivity contribution in [2.45, 2.75) is 26.2 Å². The van der Waals surface area contributed by atoms with Crippen molar-refractivity contribution in [1.82, 2.24) is 0 Å². The van der Waals surface area contributed by atoms with Gasteiger partial charge in [-0.1, -0.05) is 19.1 Å². The van der Waals surface area contributed by atoms with E-state index in [-0.39, 0.29) is 13.2 Å². The number of hydrogen-bond acceptors (Lipinski definition) is 3. The molecule has 0 radical (unpaired) electrons. The fraction of sp³-hybridized carbons (Fsp3) is 0.571. The molecule has 0 saturated carbocycles. The van der Waals surface area contributed by atoms with E-state index >= 15 is 0 Å². The van der Waals surface area contributed by atoms with Crippen molar-refractivity contribution in [3.05, 3.63) is 29.8 Å². The van der Waals surface area contributed by atoms with E-state index in [1.165, 1.54) is 5.56 Å². The van der Waals surface area contributed by atoms with Crippen LogP contribution in [0.25, 0.3) is 0 Å². The Kier molecular flexibility index (Phi) is 6.67. The van der Waals surface area contributed by atoms with E-state index in [0.29, 0.717) is 12.5 Å². The average molecular weight is 238 g/mol. The molecule has 1 rings (SSSR count). The third-order valence-corrected chi connectivity index (χ3v) is 2.74. The Labute approximate surface area is 103 Å². The lowest BCUT2D eigenvalue weighted by atomic mass is 10.1. The van der Waals surface area contributed by atoms with Crippen LogP contribution in [0.5, 0.6) is 5.75 Å². The molecule has 0 amide bonds. The lowest BCUT2D eigenvalue weighted by Gasteiger charge is -2.10. The van der Waals surface area contributed by atoms with Gasteiger partial charge in [-0.3, -0.25) is 0 Å². The molecule has 2 N–H and O–H groups in total.